The first-order chi connectivity index (χ1) is 9.45. The van der Waals surface area contributed by atoms with E-state index in [9.17, 15) is 14.4 Å². The number of nitrogens with zero attached hydrogens (tertiary/aromatic N) is 1. The van der Waals surface area contributed by atoms with E-state index < -0.39 is 30.4 Å². The fourth-order valence-corrected chi connectivity index (χ4v) is 2.08. The molecule has 7 nitrogen and oxygen atoms in total. The van der Waals surface area contributed by atoms with Crippen molar-refractivity contribution in [1.29, 1.82) is 0 Å². The zero-order chi connectivity index (χ0) is 14.7. The highest BCUT2D eigenvalue weighted by Gasteiger charge is 2.33. The molecule has 0 aromatic rings. The first-order valence-corrected chi connectivity index (χ1v) is 6.95. The quantitative estimate of drug-likeness (QED) is 0.609. The molecule has 0 unspecified atom stereocenters. The third kappa shape index (κ3) is 4.71. The molecule has 0 aliphatic heterocycles. The van der Waals surface area contributed by atoms with Crippen LogP contribution in [0.1, 0.15) is 32.1 Å². The molecule has 0 radical (unpaired) electrons. The third-order valence-corrected chi connectivity index (χ3v) is 3.61. The number of carboxylic acid groups (broad SMARTS) is 2. The van der Waals surface area contributed by atoms with Crippen LogP contribution in [-0.2, 0) is 9.59 Å². The zero-order valence-corrected chi connectivity index (χ0v) is 11.2. The Morgan fingerprint density at radius 1 is 1.05 bits per heavy atom. The van der Waals surface area contributed by atoms with Crippen LogP contribution < -0.4 is 5.32 Å². The van der Waals surface area contributed by atoms with Gasteiger partial charge in [-0.3, -0.25) is 4.79 Å². The van der Waals surface area contributed by atoms with Gasteiger partial charge in [0.25, 0.3) is 0 Å². The maximum absolute atomic E-state index is 12.1. The molecule has 0 bridgehead atoms. The Balaban J connectivity index is 1.89. The molecule has 112 valence electrons. The lowest BCUT2D eigenvalue weighted by Crippen LogP contribution is -2.49. The molecule has 0 aromatic heterocycles. The fourth-order valence-electron chi connectivity index (χ4n) is 2.08. The Bertz CT molecular complexity index is 390. The standard InChI is InChI=1S/C13H20N2O5/c16-11(17)5-10(12(18)19)14-13(20)15(6-8-1-2-8)7-9-3-4-9/h8-10H,1-7H2,(H,14,20)(H,16,17)(H,18,19)/t10-/m0/s1. The van der Waals surface area contributed by atoms with Crippen LogP contribution in [0.5, 0.6) is 0 Å². The van der Waals surface area contributed by atoms with Gasteiger partial charge in [-0.15, -0.1) is 0 Å². The van der Waals surface area contributed by atoms with Gasteiger partial charge < -0.3 is 20.4 Å². The van der Waals surface area contributed by atoms with Gasteiger partial charge in [-0.05, 0) is 37.5 Å². The Kier molecular flexibility index (Phi) is 4.46. The first-order valence-electron chi connectivity index (χ1n) is 6.95. The van der Waals surface area contributed by atoms with Gasteiger partial charge >= 0.3 is 18.0 Å². The van der Waals surface area contributed by atoms with E-state index in [0.717, 1.165) is 25.7 Å². The maximum Gasteiger partial charge on any atom is 0.326 e. The summed E-state index contributed by atoms with van der Waals surface area (Å²) < 4.78 is 0. The number of carbonyl (C=O) groups excluding carboxylic acids is 1. The lowest BCUT2D eigenvalue weighted by atomic mass is 10.2. The largest absolute Gasteiger partial charge is 0.481 e. The molecule has 1 atom stereocenters. The number of carbonyl (C=O) groups is 3. The third-order valence-electron chi connectivity index (χ3n) is 3.61. The molecule has 0 saturated heterocycles. The highest BCUT2D eigenvalue weighted by Crippen LogP contribution is 2.33. The Labute approximate surface area is 116 Å². The van der Waals surface area contributed by atoms with Crippen molar-refractivity contribution in [1.82, 2.24) is 10.2 Å². The van der Waals surface area contributed by atoms with Crippen LogP contribution in [-0.4, -0.2) is 52.2 Å². The lowest BCUT2D eigenvalue weighted by molar-refractivity contribution is -0.145. The van der Waals surface area contributed by atoms with E-state index in [2.05, 4.69) is 5.32 Å². The number of hydrogen-bond donors (Lipinski definition) is 3. The summed E-state index contributed by atoms with van der Waals surface area (Å²) in [6.45, 7) is 1.28. The van der Waals surface area contributed by atoms with E-state index >= 15 is 0 Å². The van der Waals surface area contributed by atoms with Gasteiger partial charge in [-0.25, -0.2) is 9.59 Å². The van der Waals surface area contributed by atoms with E-state index in [1.807, 2.05) is 0 Å². The predicted molar refractivity (Wildman–Crippen MR) is 69.2 cm³/mol. The Morgan fingerprint density at radius 3 is 1.90 bits per heavy atom. The van der Waals surface area contributed by atoms with E-state index in [-0.39, 0.29) is 0 Å². The monoisotopic (exact) mass is 284 g/mol. The minimum absolute atomic E-state index is 0.461. The maximum atomic E-state index is 12.1. The number of hydrogen-bond acceptors (Lipinski definition) is 3. The van der Waals surface area contributed by atoms with Gasteiger partial charge in [0, 0.05) is 13.1 Å². The average Bonchev–Trinajstić information content (AvgIpc) is 3.21. The van der Waals surface area contributed by atoms with E-state index in [1.54, 1.807) is 4.90 Å². The summed E-state index contributed by atoms with van der Waals surface area (Å²) >= 11 is 0. The van der Waals surface area contributed by atoms with Gasteiger partial charge in [0.2, 0.25) is 0 Å². The summed E-state index contributed by atoms with van der Waals surface area (Å²) in [5.74, 6) is -1.53. The first kappa shape index (κ1) is 14.6. The normalized spacial score (nSPS) is 19.2. The molecule has 2 saturated carbocycles. The molecule has 0 aromatic carbocycles. The fraction of sp³-hybridized carbons (Fsp3) is 0.769. The second-order valence-electron chi connectivity index (χ2n) is 5.73. The van der Waals surface area contributed by atoms with Crippen LogP contribution in [0.15, 0.2) is 0 Å². The van der Waals surface area contributed by atoms with Crippen molar-refractivity contribution >= 4 is 18.0 Å². The molecular formula is C13H20N2O5. The number of urea groups is 1. The molecular weight excluding hydrogens is 264 g/mol. The van der Waals surface area contributed by atoms with Crippen LogP contribution in [0.25, 0.3) is 0 Å². The summed E-state index contributed by atoms with van der Waals surface area (Å²) in [6.07, 6.45) is 3.80. The molecule has 2 fully saturated rings. The van der Waals surface area contributed by atoms with Crippen molar-refractivity contribution in [3.05, 3.63) is 0 Å². The van der Waals surface area contributed by atoms with Gasteiger partial charge in [-0.1, -0.05) is 0 Å². The number of rotatable bonds is 8. The van der Waals surface area contributed by atoms with Crippen LogP contribution in [0.2, 0.25) is 0 Å². The summed E-state index contributed by atoms with van der Waals surface area (Å²) in [6, 6.07) is -1.83. The topological polar surface area (TPSA) is 107 Å². The SMILES string of the molecule is O=C(O)C[C@H](NC(=O)N(CC1CC1)CC1CC1)C(=O)O. The molecule has 2 aliphatic carbocycles. The van der Waals surface area contributed by atoms with Gasteiger partial charge in [0.1, 0.15) is 6.04 Å². The van der Waals surface area contributed by atoms with Gasteiger partial charge in [0.05, 0.1) is 6.42 Å². The highest BCUT2D eigenvalue weighted by molar-refractivity contribution is 5.86. The minimum Gasteiger partial charge on any atom is -0.481 e. The van der Waals surface area contributed by atoms with E-state index in [0.29, 0.717) is 24.9 Å². The van der Waals surface area contributed by atoms with Crippen LogP contribution in [0, 0.1) is 11.8 Å². The van der Waals surface area contributed by atoms with Crippen molar-refractivity contribution in [2.75, 3.05) is 13.1 Å². The number of carboxylic acids is 2. The second kappa shape index (κ2) is 6.11. The average molecular weight is 284 g/mol. The minimum atomic E-state index is -1.37. The van der Waals surface area contributed by atoms with Crippen molar-refractivity contribution in [2.24, 2.45) is 11.8 Å². The highest BCUT2D eigenvalue weighted by atomic mass is 16.4. The van der Waals surface area contributed by atoms with Crippen LogP contribution in [0.4, 0.5) is 4.79 Å². The molecule has 0 spiro atoms. The Hall–Kier alpha value is -1.79. The molecule has 2 rings (SSSR count). The smallest absolute Gasteiger partial charge is 0.326 e. The van der Waals surface area contributed by atoms with Crippen molar-refractivity contribution < 1.29 is 24.6 Å². The van der Waals surface area contributed by atoms with Crippen molar-refractivity contribution in [3.63, 3.8) is 0 Å². The second-order valence-corrected chi connectivity index (χ2v) is 5.73. The Morgan fingerprint density at radius 2 is 1.55 bits per heavy atom. The van der Waals surface area contributed by atoms with Crippen LogP contribution >= 0.6 is 0 Å². The molecule has 2 aliphatic rings. The summed E-state index contributed by atoms with van der Waals surface area (Å²) in [7, 11) is 0. The molecule has 7 heteroatoms. The summed E-state index contributed by atoms with van der Waals surface area (Å²) in [5, 5.41) is 19.9. The predicted octanol–water partition coefficient (Wildman–Crippen LogP) is 0.746. The van der Waals surface area contributed by atoms with Crippen molar-refractivity contribution in [2.45, 2.75) is 38.1 Å². The lowest BCUT2D eigenvalue weighted by Gasteiger charge is -2.24. The van der Waals surface area contributed by atoms with E-state index in [4.69, 9.17) is 10.2 Å². The number of aliphatic carboxylic acids is 2. The van der Waals surface area contributed by atoms with Crippen molar-refractivity contribution in [3.8, 4) is 0 Å². The zero-order valence-electron chi connectivity index (χ0n) is 11.2. The van der Waals surface area contributed by atoms with Gasteiger partial charge in [0.15, 0.2) is 0 Å². The summed E-state index contributed by atoms with van der Waals surface area (Å²) in [4.78, 5) is 35.3. The summed E-state index contributed by atoms with van der Waals surface area (Å²) in [5.41, 5.74) is 0. The molecule has 20 heavy (non-hydrogen) atoms. The molecule has 2 amide bonds. The van der Waals surface area contributed by atoms with E-state index in [1.165, 1.54) is 0 Å². The number of nitrogens with one attached hydrogen (secondary N) is 1. The number of amides is 2. The molecule has 3 N–H and O–H groups in total. The van der Waals surface area contributed by atoms with Gasteiger partial charge in [-0.2, -0.15) is 0 Å². The van der Waals surface area contributed by atoms with Crippen LogP contribution in [0.3, 0.4) is 0 Å². The molecule has 0 heterocycles.